The Morgan fingerprint density at radius 1 is 1.33 bits per heavy atom. The normalized spacial score (nSPS) is 10.6. The molecule has 0 amide bonds. The topological polar surface area (TPSA) is 60.2 Å². The first-order chi connectivity index (χ1) is 8.79. The summed E-state index contributed by atoms with van der Waals surface area (Å²) in [6.45, 7) is 1.13. The van der Waals surface area contributed by atoms with Crippen molar-refractivity contribution in [1.82, 2.24) is 15.0 Å². The molecule has 0 aliphatic rings. The minimum atomic E-state index is 0.0782. The van der Waals surface area contributed by atoms with Crippen LogP contribution in [0.1, 0.15) is 5.69 Å². The number of hydrogen-bond donors (Lipinski definition) is 1. The maximum absolute atomic E-state index is 8.77. The van der Waals surface area contributed by atoms with Crippen molar-refractivity contribution in [3.63, 3.8) is 0 Å². The van der Waals surface area contributed by atoms with Gasteiger partial charge in [-0.1, -0.05) is 28.9 Å². The molecule has 0 spiro atoms. The molecule has 2 rings (SSSR count). The second kappa shape index (κ2) is 6.37. The third-order valence-electron chi connectivity index (χ3n) is 2.37. The summed E-state index contributed by atoms with van der Waals surface area (Å²) >= 11 is 5.96. The number of aromatic nitrogens is 3. The van der Waals surface area contributed by atoms with Gasteiger partial charge >= 0.3 is 0 Å². The molecule has 2 aromatic rings. The van der Waals surface area contributed by atoms with Crippen LogP contribution in [0.2, 0.25) is 5.02 Å². The van der Waals surface area contributed by atoms with Gasteiger partial charge in [-0.25, -0.2) is 4.68 Å². The van der Waals surface area contributed by atoms with E-state index in [0.717, 1.165) is 5.69 Å². The van der Waals surface area contributed by atoms with Crippen LogP contribution in [-0.2, 0) is 13.0 Å². The van der Waals surface area contributed by atoms with Gasteiger partial charge in [-0.05, 0) is 12.1 Å². The van der Waals surface area contributed by atoms with E-state index in [1.54, 1.807) is 16.9 Å². The van der Waals surface area contributed by atoms with Gasteiger partial charge in [-0.2, -0.15) is 0 Å². The molecule has 18 heavy (non-hydrogen) atoms. The zero-order valence-electron chi connectivity index (χ0n) is 9.79. The lowest BCUT2D eigenvalue weighted by Gasteiger charge is -2.07. The molecule has 0 atom stereocenters. The molecular formula is C12H14ClN3O2. The zero-order valence-corrected chi connectivity index (χ0v) is 10.5. The third kappa shape index (κ3) is 3.45. The second-order valence-electron chi connectivity index (χ2n) is 3.73. The van der Waals surface area contributed by atoms with Crippen molar-refractivity contribution in [2.45, 2.75) is 13.0 Å². The quantitative estimate of drug-likeness (QED) is 0.863. The number of halogens is 1. The largest absolute Gasteiger partial charge is 0.490 e. The summed E-state index contributed by atoms with van der Waals surface area (Å²) in [5.41, 5.74) is 0.773. The highest BCUT2D eigenvalue weighted by Gasteiger charge is 2.02. The van der Waals surface area contributed by atoms with E-state index in [2.05, 4.69) is 10.3 Å². The fourth-order valence-corrected chi connectivity index (χ4v) is 1.68. The van der Waals surface area contributed by atoms with Crippen molar-refractivity contribution in [2.75, 3.05) is 13.2 Å². The molecule has 1 aromatic heterocycles. The highest BCUT2D eigenvalue weighted by atomic mass is 35.5. The van der Waals surface area contributed by atoms with Crippen LogP contribution >= 0.6 is 11.6 Å². The van der Waals surface area contributed by atoms with Crippen LogP contribution in [-0.4, -0.2) is 33.3 Å². The van der Waals surface area contributed by atoms with Gasteiger partial charge in [0.2, 0.25) is 0 Å². The second-order valence-corrected chi connectivity index (χ2v) is 4.13. The molecule has 96 valence electrons. The average molecular weight is 268 g/mol. The van der Waals surface area contributed by atoms with Gasteiger partial charge in [0.05, 0.1) is 17.3 Å². The minimum absolute atomic E-state index is 0.0782. The lowest BCUT2D eigenvalue weighted by Crippen LogP contribution is -2.08. The lowest BCUT2D eigenvalue weighted by atomic mass is 10.3. The molecule has 6 heteroatoms. The van der Waals surface area contributed by atoms with Crippen LogP contribution in [0.5, 0.6) is 5.75 Å². The fourth-order valence-electron chi connectivity index (χ4n) is 1.49. The summed E-state index contributed by atoms with van der Waals surface area (Å²) < 4.78 is 7.22. The van der Waals surface area contributed by atoms with E-state index in [-0.39, 0.29) is 6.61 Å². The van der Waals surface area contributed by atoms with Crippen LogP contribution < -0.4 is 4.74 Å². The summed E-state index contributed by atoms with van der Waals surface area (Å²) in [5, 5.41) is 17.2. The first-order valence-corrected chi connectivity index (χ1v) is 6.04. The Labute approximate surface area is 110 Å². The van der Waals surface area contributed by atoms with E-state index in [1.807, 2.05) is 18.2 Å². The predicted octanol–water partition coefficient (Wildman–Crippen LogP) is 1.55. The molecule has 1 N–H and O–H groups in total. The number of benzene rings is 1. The van der Waals surface area contributed by atoms with Crippen molar-refractivity contribution in [2.24, 2.45) is 0 Å². The number of aliphatic hydroxyl groups is 1. The molecule has 0 fully saturated rings. The molecule has 5 nitrogen and oxygen atoms in total. The molecule has 0 radical (unpaired) electrons. The maximum atomic E-state index is 8.77. The zero-order chi connectivity index (χ0) is 12.8. The first-order valence-electron chi connectivity index (χ1n) is 5.67. The van der Waals surface area contributed by atoms with E-state index in [4.69, 9.17) is 21.4 Å². The van der Waals surface area contributed by atoms with Crippen LogP contribution in [0.25, 0.3) is 0 Å². The monoisotopic (exact) mass is 267 g/mol. The lowest BCUT2D eigenvalue weighted by molar-refractivity contribution is 0.290. The van der Waals surface area contributed by atoms with Crippen molar-refractivity contribution in [3.05, 3.63) is 41.2 Å². The number of nitrogens with zero attached hydrogens (tertiary/aromatic N) is 3. The number of hydrogen-bond acceptors (Lipinski definition) is 4. The summed E-state index contributed by atoms with van der Waals surface area (Å²) in [6.07, 6.45) is 2.32. The van der Waals surface area contributed by atoms with Gasteiger partial charge in [0, 0.05) is 19.2 Å². The Bertz CT molecular complexity index is 502. The van der Waals surface area contributed by atoms with Crippen molar-refractivity contribution in [1.29, 1.82) is 0 Å². The summed E-state index contributed by atoms with van der Waals surface area (Å²) in [4.78, 5) is 0. The summed E-state index contributed by atoms with van der Waals surface area (Å²) in [6, 6.07) is 7.33. The Morgan fingerprint density at radius 2 is 2.17 bits per heavy atom. The molecule has 0 bridgehead atoms. The smallest absolute Gasteiger partial charge is 0.137 e. The minimum Gasteiger partial charge on any atom is -0.490 e. The van der Waals surface area contributed by atoms with Crippen LogP contribution in [0.4, 0.5) is 0 Å². The maximum Gasteiger partial charge on any atom is 0.137 e. The van der Waals surface area contributed by atoms with Gasteiger partial charge in [-0.15, -0.1) is 5.10 Å². The highest BCUT2D eigenvalue weighted by Crippen LogP contribution is 2.22. The van der Waals surface area contributed by atoms with Crippen LogP contribution in [0, 0.1) is 0 Å². The van der Waals surface area contributed by atoms with Gasteiger partial charge in [0.25, 0.3) is 0 Å². The van der Waals surface area contributed by atoms with Crippen molar-refractivity contribution >= 4 is 11.6 Å². The van der Waals surface area contributed by atoms with E-state index in [1.165, 1.54) is 0 Å². The molecule has 0 aliphatic heterocycles. The van der Waals surface area contributed by atoms with Crippen LogP contribution in [0.15, 0.2) is 30.5 Å². The third-order valence-corrected chi connectivity index (χ3v) is 2.68. The number of rotatable bonds is 6. The van der Waals surface area contributed by atoms with Gasteiger partial charge in [-0.3, -0.25) is 0 Å². The SMILES string of the molecule is OCCc1cn(CCOc2ccccc2Cl)nn1. The molecule has 0 saturated heterocycles. The van der Waals surface area contributed by atoms with Gasteiger partial charge in [0.15, 0.2) is 0 Å². The summed E-state index contributed by atoms with van der Waals surface area (Å²) in [5.74, 6) is 0.662. The average Bonchev–Trinajstić information content (AvgIpc) is 2.80. The van der Waals surface area contributed by atoms with E-state index in [0.29, 0.717) is 30.3 Å². The summed E-state index contributed by atoms with van der Waals surface area (Å²) in [7, 11) is 0. The Morgan fingerprint density at radius 3 is 2.94 bits per heavy atom. The highest BCUT2D eigenvalue weighted by molar-refractivity contribution is 6.32. The molecule has 0 aliphatic carbocycles. The van der Waals surface area contributed by atoms with Crippen molar-refractivity contribution in [3.8, 4) is 5.75 Å². The predicted molar refractivity (Wildman–Crippen MR) is 67.8 cm³/mol. The van der Waals surface area contributed by atoms with E-state index >= 15 is 0 Å². The first kappa shape index (κ1) is 12.9. The number of aliphatic hydroxyl groups excluding tert-OH is 1. The molecular weight excluding hydrogens is 254 g/mol. The van der Waals surface area contributed by atoms with E-state index < -0.39 is 0 Å². The molecule has 0 unspecified atom stereocenters. The number of ether oxygens (including phenoxy) is 1. The fraction of sp³-hybridized carbons (Fsp3) is 0.333. The van der Waals surface area contributed by atoms with Crippen LogP contribution in [0.3, 0.4) is 0 Å². The molecule has 1 aromatic carbocycles. The Hall–Kier alpha value is -1.59. The Balaban J connectivity index is 1.83. The molecule has 0 saturated carbocycles. The number of para-hydroxylation sites is 1. The van der Waals surface area contributed by atoms with Crippen molar-refractivity contribution < 1.29 is 9.84 Å². The molecule has 1 heterocycles. The van der Waals surface area contributed by atoms with Gasteiger partial charge in [0.1, 0.15) is 12.4 Å². The van der Waals surface area contributed by atoms with E-state index in [9.17, 15) is 0 Å². The van der Waals surface area contributed by atoms with Gasteiger partial charge < -0.3 is 9.84 Å². The standard InChI is InChI=1S/C12H14ClN3O2/c13-11-3-1-2-4-12(11)18-8-6-16-9-10(5-7-17)14-15-16/h1-4,9,17H,5-8H2. The Kier molecular flexibility index (Phi) is 4.55.